The van der Waals surface area contributed by atoms with Crippen LogP contribution in [0.25, 0.3) is 0 Å². The second kappa shape index (κ2) is 12.7. The van der Waals surface area contributed by atoms with Crippen LogP contribution in [0.15, 0.2) is 29.3 Å². The first-order valence-corrected chi connectivity index (χ1v) is 10.9. The Hall–Kier alpha value is -2.04. The van der Waals surface area contributed by atoms with Crippen LogP contribution in [0.3, 0.4) is 0 Å². The Bertz CT molecular complexity index is 748. The van der Waals surface area contributed by atoms with Crippen LogP contribution in [0.1, 0.15) is 44.6 Å². The van der Waals surface area contributed by atoms with E-state index in [1.54, 1.807) is 11.9 Å². The van der Waals surface area contributed by atoms with Gasteiger partial charge in [0, 0.05) is 51.4 Å². The van der Waals surface area contributed by atoms with Gasteiger partial charge in [0.25, 0.3) is 0 Å². The third-order valence-corrected chi connectivity index (χ3v) is 5.62. The highest BCUT2D eigenvalue weighted by atomic mass is 127. The van der Waals surface area contributed by atoms with E-state index in [9.17, 15) is 9.59 Å². The molecule has 31 heavy (non-hydrogen) atoms. The molecule has 0 saturated carbocycles. The fourth-order valence-corrected chi connectivity index (χ4v) is 3.87. The summed E-state index contributed by atoms with van der Waals surface area (Å²) in [5.41, 5.74) is 2.10. The van der Waals surface area contributed by atoms with Crippen molar-refractivity contribution in [3.63, 3.8) is 0 Å². The zero-order chi connectivity index (χ0) is 21.3. The maximum absolute atomic E-state index is 12.1. The molecule has 2 N–H and O–H groups in total. The van der Waals surface area contributed by atoms with Gasteiger partial charge >= 0.3 is 6.09 Å². The topological polar surface area (TPSA) is 86.3 Å². The third-order valence-electron chi connectivity index (χ3n) is 5.62. The van der Waals surface area contributed by atoms with Crippen molar-refractivity contribution >= 4 is 47.6 Å². The number of halogens is 1. The van der Waals surface area contributed by atoms with Gasteiger partial charge in [-0.05, 0) is 50.3 Å². The molecule has 2 saturated heterocycles. The van der Waals surface area contributed by atoms with Gasteiger partial charge in [0.1, 0.15) is 0 Å². The molecule has 2 fully saturated rings. The van der Waals surface area contributed by atoms with E-state index >= 15 is 0 Å². The second-order valence-electron chi connectivity index (χ2n) is 7.70. The van der Waals surface area contributed by atoms with Gasteiger partial charge in [-0.2, -0.15) is 0 Å². The molecule has 8 nitrogen and oxygen atoms in total. The number of nitrogens with zero attached hydrogens (tertiary/aromatic N) is 3. The molecule has 0 radical (unpaired) electrons. The van der Waals surface area contributed by atoms with Gasteiger partial charge < -0.3 is 25.2 Å². The fourth-order valence-electron chi connectivity index (χ4n) is 3.87. The molecule has 1 aromatic carbocycles. The van der Waals surface area contributed by atoms with E-state index in [2.05, 4.69) is 27.8 Å². The molecule has 1 aromatic rings. The number of hydrogen-bond acceptors (Lipinski definition) is 4. The van der Waals surface area contributed by atoms with Crippen molar-refractivity contribution in [2.45, 2.75) is 51.6 Å². The van der Waals surface area contributed by atoms with Crippen LogP contribution in [0.5, 0.6) is 0 Å². The van der Waals surface area contributed by atoms with E-state index in [1.807, 2.05) is 24.0 Å². The van der Waals surface area contributed by atoms with Crippen molar-refractivity contribution in [2.75, 3.05) is 38.2 Å². The summed E-state index contributed by atoms with van der Waals surface area (Å²) < 4.78 is 5.07. The first-order valence-electron chi connectivity index (χ1n) is 10.9. The number of carbonyl (C=O) groups is 2. The van der Waals surface area contributed by atoms with Gasteiger partial charge in [-0.1, -0.05) is 12.1 Å². The minimum atomic E-state index is -0.229. The van der Waals surface area contributed by atoms with Crippen molar-refractivity contribution in [1.82, 2.24) is 15.5 Å². The van der Waals surface area contributed by atoms with Gasteiger partial charge in [-0.15, -0.1) is 24.0 Å². The van der Waals surface area contributed by atoms with Crippen molar-refractivity contribution in [3.8, 4) is 0 Å². The van der Waals surface area contributed by atoms with Crippen LogP contribution in [-0.4, -0.2) is 62.2 Å². The van der Waals surface area contributed by atoms with E-state index in [0.29, 0.717) is 32.7 Å². The van der Waals surface area contributed by atoms with Gasteiger partial charge in [-0.25, -0.2) is 4.79 Å². The van der Waals surface area contributed by atoms with Gasteiger partial charge in [0.15, 0.2) is 5.96 Å². The molecule has 9 heteroatoms. The van der Waals surface area contributed by atoms with Gasteiger partial charge in [0.05, 0.1) is 6.61 Å². The van der Waals surface area contributed by atoms with E-state index in [4.69, 9.17) is 4.74 Å². The van der Waals surface area contributed by atoms with Gasteiger partial charge in [0.2, 0.25) is 5.91 Å². The summed E-state index contributed by atoms with van der Waals surface area (Å²) in [5, 5.41) is 6.79. The number of carbonyl (C=O) groups excluding carboxylic acids is 2. The lowest BCUT2D eigenvalue weighted by atomic mass is 10.1. The maximum Gasteiger partial charge on any atom is 0.409 e. The number of amides is 2. The summed E-state index contributed by atoms with van der Waals surface area (Å²) in [6.45, 7) is 5.05. The van der Waals surface area contributed by atoms with Crippen LogP contribution < -0.4 is 15.5 Å². The third kappa shape index (κ3) is 7.26. The molecule has 2 aliphatic heterocycles. The Balaban J connectivity index is 0.00000341. The van der Waals surface area contributed by atoms with Crippen molar-refractivity contribution in [2.24, 2.45) is 4.99 Å². The number of rotatable bonds is 5. The second-order valence-corrected chi connectivity index (χ2v) is 7.70. The Kier molecular flexibility index (Phi) is 10.4. The molecule has 2 heterocycles. The van der Waals surface area contributed by atoms with E-state index in [1.165, 1.54) is 0 Å². The number of nitrogens with one attached hydrogen (secondary N) is 2. The predicted octanol–water partition coefficient (Wildman–Crippen LogP) is 3.11. The largest absolute Gasteiger partial charge is 0.450 e. The first-order chi connectivity index (χ1) is 14.6. The van der Waals surface area contributed by atoms with Crippen LogP contribution in [-0.2, 0) is 16.1 Å². The predicted molar refractivity (Wildman–Crippen MR) is 133 cm³/mol. The van der Waals surface area contributed by atoms with Crippen LogP contribution in [0.2, 0.25) is 0 Å². The zero-order valence-electron chi connectivity index (χ0n) is 18.4. The number of benzene rings is 1. The molecule has 3 rings (SSSR count). The van der Waals surface area contributed by atoms with Crippen LogP contribution in [0, 0.1) is 0 Å². The smallest absolute Gasteiger partial charge is 0.409 e. The summed E-state index contributed by atoms with van der Waals surface area (Å²) in [7, 11) is 1.76. The molecule has 0 bridgehead atoms. The van der Waals surface area contributed by atoms with Crippen LogP contribution in [0.4, 0.5) is 10.5 Å². The Morgan fingerprint density at radius 2 is 1.87 bits per heavy atom. The lowest BCUT2D eigenvalue weighted by Gasteiger charge is -2.32. The molecule has 0 aromatic heterocycles. The fraction of sp³-hybridized carbons (Fsp3) is 0.591. The molecular formula is C22H34IN5O3. The SMILES string of the molecule is CCOC(=O)N1CCC(NC(=NC)NCc2ccc(N3CCCCC3=O)cc2)CC1.I. The number of hydrogen-bond donors (Lipinski definition) is 2. The zero-order valence-corrected chi connectivity index (χ0v) is 20.8. The monoisotopic (exact) mass is 543 g/mol. The lowest BCUT2D eigenvalue weighted by molar-refractivity contribution is -0.119. The normalized spacial score (nSPS) is 17.7. The number of guanidine groups is 1. The van der Waals surface area contributed by atoms with Crippen molar-refractivity contribution < 1.29 is 14.3 Å². The molecule has 0 atom stereocenters. The minimum absolute atomic E-state index is 0. The average molecular weight is 543 g/mol. The number of aliphatic imine (C=N–C) groups is 1. The highest BCUT2D eigenvalue weighted by Crippen LogP contribution is 2.21. The van der Waals surface area contributed by atoms with Gasteiger partial charge in [-0.3, -0.25) is 9.79 Å². The highest BCUT2D eigenvalue weighted by molar-refractivity contribution is 14.0. The molecule has 0 spiro atoms. The first kappa shape index (κ1) is 25.2. The quantitative estimate of drug-likeness (QED) is 0.339. The number of likely N-dealkylation sites (tertiary alicyclic amines) is 1. The Morgan fingerprint density at radius 3 is 2.48 bits per heavy atom. The van der Waals surface area contributed by atoms with Crippen molar-refractivity contribution in [3.05, 3.63) is 29.8 Å². The Labute approximate surface area is 201 Å². The molecule has 0 aliphatic carbocycles. The lowest BCUT2D eigenvalue weighted by Crippen LogP contribution is -2.49. The average Bonchev–Trinajstić information content (AvgIpc) is 2.78. The summed E-state index contributed by atoms with van der Waals surface area (Å²) in [4.78, 5) is 31.8. The van der Waals surface area contributed by atoms with Crippen molar-refractivity contribution in [1.29, 1.82) is 0 Å². The summed E-state index contributed by atoms with van der Waals surface area (Å²) in [5.74, 6) is 0.964. The maximum atomic E-state index is 12.1. The molecule has 172 valence electrons. The highest BCUT2D eigenvalue weighted by Gasteiger charge is 2.24. The number of anilines is 1. The molecular weight excluding hydrogens is 509 g/mol. The molecule has 0 unspecified atom stereocenters. The van der Waals surface area contributed by atoms with E-state index in [-0.39, 0.29) is 42.0 Å². The number of piperidine rings is 2. The summed E-state index contributed by atoms with van der Waals surface area (Å²) >= 11 is 0. The summed E-state index contributed by atoms with van der Waals surface area (Å²) in [6, 6.07) is 8.41. The molecule has 2 aliphatic rings. The Morgan fingerprint density at radius 1 is 1.16 bits per heavy atom. The van der Waals surface area contributed by atoms with E-state index in [0.717, 1.165) is 49.4 Å². The molecule has 2 amide bonds. The summed E-state index contributed by atoms with van der Waals surface area (Å²) in [6.07, 6.45) is 4.19. The number of ether oxygens (including phenoxy) is 1. The standard InChI is InChI=1S/C22H33N5O3.HI/c1-3-30-22(29)26-14-11-18(12-15-26)25-21(23-2)24-16-17-7-9-19(10-8-17)27-13-5-4-6-20(27)28;/h7-10,18H,3-6,11-16H2,1-2H3,(H2,23,24,25);1H. The van der Waals surface area contributed by atoms with Crippen LogP contribution >= 0.6 is 24.0 Å². The van der Waals surface area contributed by atoms with E-state index < -0.39 is 0 Å². The minimum Gasteiger partial charge on any atom is -0.450 e.